The summed E-state index contributed by atoms with van der Waals surface area (Å²) in [6.45, 7) is 0. The number of imide groups is 1. The first-order valence-electron chi connectivity index (χ1n) is 5.45. The number of carboxylic acids is 1. The summed E-state index contributed by atoms with van der Waals surface area (Å²) < 4.78 is 0. The quantitative estimate of drug-likeness (QED) is 0.761. The third-order valence-electron chi connectivity index (χ3n) is 2.74. The molecule has 18 heavy (non-hydrogen) atoms. The fourth-order valence-corrected chi connectivity index (χ4v) is 1.94. The zero-order chi connectivity index (χ0) is 13.3. The van der Waals surface area contributed by atoms with Crippen LogP contribution in [-0.4, -0.2) is 22.9 Å². The number of carboxylic acid groups (broad SMARTS) is 1. The lowest BCUT2D eigenvalue weighted by molar-refractivity contribution is -0.139. The number of amides is 2. The van der Waals surface area contributed by atoms with Crippen LogP contribution >= 0.6 is 0 Å². The van der Waals surface area contributed by atoms with Crippen molar-refractivity contribution >= 4 is 29.2 Å². The van der Waals surface area contributed by atoms with Crippen LogP contribution in [0.4, 0.5) is 11.4 Å². The lowest BCUT2D eigenvalue weighted by Gasteiger charge is -2.14. The molecule has 2 rings (SSSR count). The van der Waals surface area contributed by atoms with E-state index >= 15 is 0 Å². The molecule has 1 aromatic carbocycles. The monoisotopic (exact) mass is 248 g/mol. The smallest absolute Gasteiger partial charge is 0.303 e. The minimum absolute atomic E-state index is 0.124. The normalized spacial score (nSPS) is 13.6. The van der Waals surface area contributed by atoms with Crippen molar-refractivity contribution in [2.75, 3.05) is 10.6 Å². The van der Waals surface area contributed by atoms with Gasteiger partial charge in [0.25, 0.3) is 0 Å². The van der Waals surface area contributed by atoms with Gasteiger partial charge in [-0.05, 0) is 23.8 Å². The fraction of sp³-hybridized carbons (Fsp3) is 0.250. The van der Waals surface area contributed by atoms with Crippen LogP contribution in [0.15, 0.2) is 18.2 Å². The van der Waals surface area contributed by atoms with Gasteiger partial charge in [-0.2, -0.15) is 0 Å². The van der Waals surface area contributed by atoms with Gasteiger partial charge < -0.3 is 10.8 Å². The Morgan fingerprint density at radius 3 is 2.72 bits per heavy atom. The molecular formula is C12H12N2O4. The molecule has 3 N–H and O–H groups in total. The number of hydrogen-bond acceptors (Lipinski definition) is 4. The molecule has 0 unspecified atom stereocenters. The molecule has 1 aromatic rings. The number of aliphatic carboxylic acids is 1. The molecule has 0 fully saturated rings. The topological polar surface area (TPSA) is 101 Å². The summed E-state index contributed by atoms with van der Waals surface area (Å²) in [4.78, 5) is 35.0. The van der Waals surface area contributed by atoms with Crippen molar-refractivity contribution in [3.8, 4) is 0 Å². The molecule has 0 saturated carbocycles. The predicted molar refractivity (Wildman–Crippen MR) is 63.9 cm³/mol. The molecule has 0 atom stereocenters. The third-order valence-corrected chi connectivity index (χ3v) is 2.74. The van der Waals surface area contributed by atoms with Crippen LogP contribution in [-0.2, 0) is 20.8 Å². The van der Waals surface area contributed by atoms with Crippen LogP contribution in [0.3, 0.4) is 0 Å². The standard InChI is InChI=1S/C12H12N2O4/c13-8-1-2-9-7(5-8)6-11(16)14(9)10(15)3-4-12(17)18/h1-2,5H,3-4,6,13H2,(H,17,18). The van der Waals surface area contributed by atoms with Crippen LogP contribution in [0.2, 0.25) is 0 Å². The van der Waals surface area contributed by atoms with Crippen LogP contribution in [0.5, 0.6) is 0 Å². The minimum Gasteiger partial charge on any atom is -0.481 e. The predicted octanol–water partition coefficient (Wildman–Crippen LogP) is 0.549. The summed E-state index contributed by atoms with van der Waals surface area (Å²) >= 11 is 0. The summed E-state index contributed by atoms with van der Waals surface area (Å²) in [7, 11) is 0. The molecule has 6 nitrogen and oxygen atoms in total. The van der Waals surface area contributed by atoms with Gasteiger partial charge in [0.05, 0.1) is 18.5 Å². The van der Waals surface area contributed by atoms with Gasteiger partial charge in [-0.15, -0.1) is 0 Å². The number of nitrogens with two attached hydrogens (primary N) is 1. The molecule has 0 aliphatic carbocycles. The van der Waals surface area contributed by atoms with Crippen molar-refractivity contribution in [1.29, 1.82) is 0 Å². The van der Waals surface area contributed by atoms with E-state index in [2.05, 4.69) is 0 Å². The first-order valence-corrected chi connectivity index (χ1v) is 5.45. The van der Waals surface area contributed by atoms with E-state index in [1.165, 1.54) is 0 Å². The van der Waals surface area contributed by atoms with E-state index in [0.29, 0.717) is 16.9 Å². The third kappa shape index (κ3) is 2.17. The molecule has 0 saturated heterocycles. The zero-order valence-corrected chi connectivity index (χ0v) is 9.55. The number of rotatable bonds is 3. The Hall–Kier alpha value is -2.37. The molecule has 0 radical (unpaired) electrons. The number of nitrogens with zero attached hydrogens (tertiary/aromatic N) is 1. The van der Waals surface area contributed by atoms with Crippen molar-refractivity contribution in [1.82, 2.24) is 0 Å². The molecular weight excluding hydrogens is 236 g/mol. The Bertz CT molecular complexity index is 539. The van der Waals surface area contributed by atoms with Gasteiger partial charge in [-0.1, -0.05) is 0 Å². The number of hydrogen-bond donors (Lipinski definition) is 2. The van der Waals surface area contributed by atoms with Gasteiger partial charge in [0.1, 0.15) is 0 Å². The first kappa shape index (κ1) is 12.1. The molecule has 0 aromatic heterocycles. The second-order valence-corrected chi connectivity index (χ2v) is 4.08. The van der Waals surface area contributed by atoms with Gasteiger partial charge in [0, 0.05) is 12.1 Å². The Morgan fingerprint density at radius 2 is 2.06 bits per heavy atom. The maximum Gasteiger partial charge on any atom is 0.303 e. The van der Waals surface area contributed by atoms with Crippen LogP contribution in [0.25, 0.3) is 0 Å². The average Bonchev–Trinajstić information content (AvgIpc) is 2.61. The van der Waals surface area contributed by atoms with E-state index in [-0.39, 0.29) is 25.2 Å². The molecule has 1 heterocycles. The van der Waals surface area contributed by atoms with E-state index in [1.54, 1.807) is 18.2 Å². The van der Waals surface area contributed by atoms with Gasteiger partial charge in [-0.25, -0.2) is 4.90 Å². The van der Waals surface area contributed by atoms with Crippen molar-refractivity contribution < 1.29 is 19.5 Å². The molecule has 1 aliphatic rings. The number of nitrogen functional groups attached to an aromatic ring is 1. The van der Waals surface area contributed by atoms with Gasteiger partial charge in [0.2, 0.25) is 11.8 Å². The van der Waals surface area contributed by atoms with Gasteiger partial charge in [-0.3, -0.25) is 14.4 Å². The summed E-state index contributed by atoms with van der Waals surface area (Å²) in [5, 5.41) is 8.53. The number of fused-ring (bicyclic) bond motifs is 1. The molecule has 1 aliphatic heterocycles. The summed E-state index contributed by atoms with van der Waals surface area (Å²) in [5.41, 5.74) is 7.33. The second-order valence-electron chi connectivity index (χ2n) is 4.08. The van der Waals surface area contributed by atoms with Gasteiger partial charge >= 0.3 is 5.97 Å². The van der Waals surface area contributed by atoms with E-state index in [1.807, 2.05) is 0 Å². The highest BCUT2D eigenvalue weighted by atomic mass is 16.4. The largest absolute Gasteiger partial charge is 0.481 e. The number of benzene rings is 1. The number of anilines is 2. The Labute approximate surface area is 103 Å². The van der Waals surface area contributed by atoms with Crippen LogP contribution < -0.4 is 10.6 Å². The lowest BCUT2D eigenvalue weighted by atomic mass is 10.1. The lowest BCUT2D eigenvalue weighted by Crippen LogP contribution is -2.33. The van der Waals surface area contributed by atoms with Crippen molar-refractivity contribution in [3.05, 3.63) is 23.8 Å². The van der Waals surface area contributed by atoms with Crippen molar-refractivity contribution in [2.24, 2.45) is 0 Å². The van der Waals surface area contributed by atoms with E-state index < -0.39 is 11.9 Å². The summed E-state index contributed by atoms with van der Waals surface area (Å²) in [6.07, 6.45) is -0.350. The Balaban J connectivity index is 2.22. The van der Waals surface area contributed by atoms with Gasteiger partial charge in [0.15, 0.2) is 0 Å². The molecule has 2 amide bonds. The highest BCUT2D eigenvalue weighted by Crippen LogP contribution is 2.31. The highest BCUT2D eigenvalue weighted by Gasteiger charge is 2.32. The molecule has 6 heteroatoms. The van der Waals surface area contributed by atoms with E-state index in [4.69, 9.17) is 10.8 Å². The Kier molecular flexibility index (Phi) is 3.01. The zero-order valence-electron chi connectivity index (χ0n) is 9.55. The first-order chi connectivity index (χ1) is 8.49. The van der Waals surface area contributed by atoms with Crippen molar-refractivity contribution in [3.63, 3.8) is 0 Å². The maximum atomic E-state index is 11.8. The minimum atomic E-state index is -1.06. The Morgan fingerprint density at radius 1 is 1.33 bits per heavy atom. The molecule has 0 bridgehead atoms. The summed E-state index contributed by atoms with van der Waals surface area (Å²) in [6, 6.07) is 4.86. The van der Waals surface area contributed by atoms with E-state index in [0.717, 1.165) is 4.90 Å². The van der Waals surface area contributed by atoms with Crippen molar-refractivity contribution in [2.45, 2.75) is 19.3 Å². The molecule has 0 spiro atoms. The van der Waals surface area contributed by atoms with E-state index in [9.17, 15) is 14.4 Å². The number of carbonyl (C=O) groups is 3. The summed E-state index contributed by atoms with van der Waals surface area (Å²) in [5.74, 6) is -1.90. The SMILES string of the molecule is Nc1ccc2c(c1)CC(=O)N2C(=O)CCC(=O)O. The van der Waals surface area contributed by atoms with Crippen LogP contribution in [0, 0.1) is 0 Å². The number of carbonyl (C=O) groups excluding carboxylic acids is 2. The maximum absolute atomic E-state index is 11.8. The highest BCUT2D eigenvalue weighted by molar-refractivity contribution is 6.19. The average molecular weight is 248 g/mol. The van der Waals surface area contributed by atoms with Crippen LogP contribution in [0.1, 0.15) is 18.4 Å². The fourth-order valence-electron chi connectivity index (χ4n) is 1.94. The second kappa shape index (κ2) is 4.48. The molecule has 94 valence electrons.